The van der Waals surface area contributed by atoms with Crippen LogP contribution in [0.3, 0.4) is 0 Å². The van der Waals surface area contributed by atoms with Crippen LogP contribution in [0.25, 0.3) is 10.9 Å². The Morgan fingerprint density at radius 2 is 2.06 bits per heavy atom. The molecule has 3 heteroatoms. The molecular formula is C15H19NO2. The number of hydrogen-bond donors (Lipinski definition) is 1. The monoisotopic (exact) mass is 245 g/mol. The van der Waals surface area contributed by atoms with E-state index in [-0.39, 0.29) is 0 Å². The molecule has 0 atom stereocenters. The van der Waals surface area contributed by atoms with Gasteiger partial charge in [0.05, 0.1) is 11.1 Å². The van der Waals surface area contributed by atoms with E-state index in [0.717, 1.165) is 35.9 Å². The minimum atomic E-state index is -0.848. The summed E-state index contributed by atoms with van der Waals surface area (Å²) in [5.41, 5.74) is 3.53. The van der Waals surface area contributed by atoms with Crippen molar-refractivity contribution in [3.05, 3.63) is 35.0 Å². The average Bonchev–Trinajstić information content (AvgIpc) is 2.67. The van der Waals surface area contributed by atoms with Gasteiger partial charge >= 0.3 is 5.97 Å². The zero-order valence-corrected chi connectivity index (χ0v) is 11.2. The number of benzene rings is 1. The van der Waals surface area contributed by atoms with E-state index in [2.05, 4.69) is 19.2 Å². The molecule has 0 saturated heterocycles. The summed E-state index contributed by atoms with van der Waals surface area (Å²) in [5, 5.41) is 10.4. The molecule has 2 aromatic rings. The topological polar surface area (TPSA) is 42.2 Å². The molecule has 96 valence electrons. The van der Waals surface area contributed by atoms with E-state index in [9.17, 15) is 9.90 Å². The van der Waals surface area contributed by atoms with Crippen molar-refractivity contribution in [2.24, 2.45) is 0 Å². The van der Waals surface area contributed by atoms with Gasteiger partial charge in [0.1, 0.15) is 0 Å². The fourth-order valence-electron chi connectivity index (χ4n) is 2.54. The number of aromatic nitrogens is 1. The zero-order valence-electron chi connectivity index (χ0n) is 11.2. The van der Waals surface area contributed by atoms with Crippen molar-refractivity contribution in [3.63, 3.8) is 0 Å². The van der Waals surface area contributed by atoms with Crippen LogP contribution in [0.1, 0.15) is 41.8 Å². The number of hydrogen-bond acceptors (Lipinski definition) is 1. The summed E-state index contributed by atoms with van der Waals surface area (Å²) < 4.78 is 2.04. The Morgan fingerprint density at radius 3 is 2.61 bits per heavy atom. The van der Waals surface area contributed by atoms with Crippen LogP contribution in [0.5, 0.6) is 0 Å². The molecule has 0 unspecified atom stereocenters. The summed E-state index contributed by atoms with van der Waals surface area (Å²) in [6.07, 6.45) is 4.16. The Kier molecular flexibility index (Phi) is 3.41. The molecule has 0 fully saturated rings. The standard InChI is InChI=1S/C15H19NO2/c1-4-6-11-9-16(5-2)14-12(11)7-10(3)8-13(14)15(17)18/h7-9H,4-6H2,1-3H3,(H,17,18). The van der Waals surface area contributed by atoms with Gasteiger partial charge < -0.3 is 9.67 Å². The van der Waals surface area contributed by atoms with Gasteiger partial charge in [-0.15, -0.1) is 0 Å². The maximum Gasteiger partial charge on any atom is 0.337 e. The Morgan fingerprint density at radius 1 is 1.33 bits per heavy atom. The third-order valence-corrected chi connectivity index (χ3v) is 3.29. The first-order chi connectivity index (χ1) is 8.58. The molecule has 3 nitrogen and oxygen atoms in total. The molecule has 1 N–H and O–H groups in total. The average molecular weight is 245 g/mol. The van der Waals surface area contributed by atoms with Gasteiger partial charge in [-0.1, -0.05) is 13.3 Å². The summed E-state index contributed by atoms with van der Waals surface area (Å²) in [6.45, 7) is 6.93. The Balaban J connectivity index is 2.81. The van der Waals surface area contributed by atoms with Gasteiger partial charge in [0, 0.05) is 18.1 Å². The first-order valence-electron chi connectivity index (χ1n) is 6.44. The number of carbonyl (C=O) groups is 1. The van der Waals surface area contributed by atoms with E-state index < -0.39 is 5.97 Å². The maximum absolute atomic E-state index is 11.4. The van der Waals surface area contributed by atoms with Gasteiger partial charge in [0.25, 0.3) is 0 Å². The number of aryl methyl sites for hydroxylation is 3. The third-order valence-electron chi connectivity index (χ3n) is 3.29. The van der Waals surface area contributed by atoms with Gasteiger partial charge in [-0.05, 0) is 43.5 Å². The van der Waals surface area contributed by atoms with Gasteiger partial charge in [0.2, 0.25) is 0 Å². The van der Waals surface area contributed by atoms with Crippen molar-refractivity contribution in [3.8, 4) is 0 Å². The van der Waals surface area contributed by atoms with Gasteiger partial charge in [-0.3, -0.25) is 0 Å². The van der Waals surface area contributed by atoms with Crippen LogP contribution in [0, 0.1) is 6.92 Å². The minimum Gasteiger partial charge on any atom is -0.478 e. The molecule has 1 heterocycles. The lowest BCUT2D eigenvalue weighted by molar-refractivity contribution is 0.0698. The molecule has 0 aliphatic carbocycles. The highest BCUT2D eigenvalue weighted by Crippen LogP contribution is 2.27. The van der Waals surface area contributed by atoms with E-state index in [1.54, 1.807) is 6.07 Å². The summed E-state index contributed by atoms with van der Waals surface area (Å²) in [7, 11) is 0. The SMILES string of the molecule is CCCc1cn(CC)c2c(C(=O)O)cc(C)cc12. The van der Waals surface area contributed by atoms with Gasteiger partial charge in [-0.25, -0.2) is 4.79 Å². The smallest absolute Gasteiger partial charge is 0.337 e. The fraction of sp³-hybridized carbons (Fsp3) is 0.400. The Hall–Kier alpha value is -1.77. The van der Waals surface area contributed by atoms with Gasteiger partial charge in [0.15, 0.2) is 0 Å². The van der Waals surface area contributed by atoms with Gasteiger partial charge in [-0.2, -0.15) is 0 Å². The predicted molar refractivity (Wildman–Crippen MR) is 73.3 cm³/mol. The lowest BCUT2D eigenvalue weighted by Gasteiger charge is -2.06. The summed E-state index contributed by atoms with van der Waals surface area (Å²) >= 11 is 0. The number of fused-ring (bicyclic) bond motifs is 1. The molecule has 0 spiro atoms. The Labute approximate surface area is 107 Å². The first kappa shape index (κ1) is 12.7. The normalized spacial score (nSPS) is 11.1. The Bertz CT molecular complexity index is 596. The van der Waals surface area contributed by atoms with Crippen molar-refractivity contribution < 1.29 is 9.90 Å². The number of nitrogens with zero attached hydrogens (tertiary/aromatic N) is 1. The summed E-state index contributed by atoms with van der Waals surface area (Å²) in [6, 6.07) is 3.85. The summed E-state index contributed by atoms with van der Waals surface area (Å²) in [4.78, 5) is 11.4. The number of rotatable bonds is 4. The molecule has 0 bridgehead atoms. The van der Waals surface area contributed by atoms with Crippen molar-refractivity contribution in [2.75, 3.05) is 0 Å². The molecule has 0 aliphatic rings. The third kappa shape index (κ3) is 2.01. The largest absolute Gasteiger partial charge is 0.478 e. The maximum atomic E-state index is 11.4. The van der Waals surface area contributed by atoms with Crippen molar-refractivity contribution in [2.45, 2.75) is 40.2 Å². The molecule has 1 aromatic carbocycles. The molecule has 0 aliphatic heterocycles. The molecule has 1 aromatic heterocycles. The number of aromatic carboxylic acids is 1. The molecular weight excluding hydrogens is 226 g/mol. The molecule has 0 saturated carbocycles. The van der Waals surface area contributed by atoms with E-state index in [1.165, 1.54) is 5.56 Å². The summed E-state index contributed by atoms with van der Waals surface area (Å²) in [5.74, 6) is -0.848. The molecule has 0 amide bonds. The van der Waals surface area contributed by atoms with Crippen LogP contribution >= 0.6 is 0 Å². The predicted octanol–water partition coefficient (Wildman–Crippen LogP) is 3.62. The van der Waals surface area contributed by atoms with Crippen molar-refractivity contribution in [1.82, 2.24) is 4.57 Å². The fourth-order valence-corrected chi connectivity index (χ4v) is 2.54. The molecule has 2 rings (SSSR count). The molecule has 18 heavy (non-hydrogen) atoms. The lowest BCUT2D eigenvalue weighted by Crippen LogP contribution is -2.02. The highest BCUT2D eigenvalue weighted by atomic mass is 16.4. The van der Waals surface area contributed by atoms with Crippen LogP contribution in [0.15, 0.2) is 18.3 Å². The number of carboxylic acids is 1. The van der Waals surface area contributed by atoms with Crippen LogP contribution < -0.4 is 0 Å². The quantitative estimate of drug-likeness (QED) is 0.893. The first-order valence-corrected chi connectivity index (χ1v) is 6.44. The molecule has 0 radical (unpaired) electrons. The van der Waals surface area contributed by atoms with E-state index in [4.69, 9.17) is 0 Å². The highest BCUT2D eigenvalue weighted by Gasteiger charge is 2.16. The lowest BCUT2D eigenvalue weighted by atomic mass is 10.0. The van der Waals surface area contributed by atoms with Crippen molar-refractivity contribution in [1.29, 1.82) is 0 Å². The van der Waals surface area contributed by atoms with E-state index in [0.29, 0.717) is 5.56 Å². The van der Waals surface area contributed by atoms with Crippen molar-refractivity contribution >= 4 is 16.9 Å². The second-order valence-electron chi connectivity index (χ2n) is 4.70. The highest BCUT2D eigenvalue weighted by molar-refractivity contribution is 6.03. The van der Waals surface area contributed by atoms with E-state index >= 15 is 0 Å². The van der Waals surface area contributed by atoms with E-state index in [1.807, 2.05) is 18.4 Å². The minimum absolute atomic E-state index is 0.411. The van der Waals surface area contributed by atoms with Crippen LogP contribution in [0.2, 0.25) is 0 Å². The second kappa shape index (κ2) is 4.84. The van der Waals surface area contributed by atoms with Crippen LogP contribution in [-0.2, 0) is 13.0 Å². The zero-order chi connectivity index (χ0) is 13.3. The second-order valence-corrected chi connectivity index (χ2v) is 4.70. The number of carboxylic acid groups (broad SMARTS) is 1. The van der Waals surface area contributed by atoms with Crippen LogP contribution in [0.4, 0.5) is 0 Å². The van der Waals surface area contributed by atoms with Crippen LogP contribution in [-0.4, -0.2) is 15.6 Å².